The number of H-pyrrole nitrogens is 1. The van der Waals surface area contributed by atoms with Crippen molar-refractivity contribution in [3.63, 3.8) is 0 Å². The molecule has 0 amide bonds. The molecule has 0 saturated carbocycles. The van der Waals surface area contributed by atoms with E-state index in [1.54, 1.807) is 0 Å². The number of aromatic nitrogens is 2. The third kappa shape index (κ3) is 5.42. The Morgan fingerprint density at radius 1 is 1.47 bits per heavy atom. The number of aryl methyl sites for hydroxylation is 1. The Bertz CT molecular complexity index is 271. The zero-order chi connectivity index (χ0) is 11.1. The molecule has 0 atom stereocenters. The predicted octanol–water partition coefficient (Wildman–Crippen LogP) is 2.19. The molecule has 0 aromatic carbocycles. The van der Waals surface area contributed by atoms with Crippen LogP contribution >= 0.6 is 0 Å². The molecule has 0 radical (unpaired) electrons. The highest BCUT2D eigenvalue weighted by Crippen LogP contribution is 2.00. The zero-order valence-electron chi connectivity index (χ0n) is 9.84. The summed E-state index contributed by atoms with van der Waals surface area (Å²) < 4.78 is 5.47. The zero-order valence-corrected chi connectivity index (χ0v) is 9.84. The first kappa shape index (κ1) is 12.0. The topological polar surface area (TPSA) is 49.9 Å². The minimum Gasteiger partial charge on any atom is -0.380 e. The van der Waals surface area contributed by atoms with Gasteiger partial charge in [0.05, 0.1) is 6.61 Å². The van der Waals surface area contributed by atoms with Crippen molar-refractivity contribution < 1.29 is 4.74 Å². The summed E-state index contributed by atoms with van der Waals surface area (Å²) in [6.45, 7) is 8.76. The molecule has 1 heterocycles. The van der Waals surface area contributed by atoms with Crippen molar-refractivity contribution >= 4 is 5.95 Å². The minimum atomic E-state index is 0.714. The molecule has 2 N–H and O–H groups in total. The Balaban J connectivity index is 1.98. The molecule has 4 heteroatoms. The summed E-state index contributed by atoms with van der Waals surface area (Å²) >= 11 is 0. The van der Waals surface area contributed by atoms with Crippen molar-refractivity contribution in [3.8, 4) is 0 Å². The monoisotopic (exact) mass is 211 g/mol. The number of hydrogen-bond acceptors (Lipinski definition) is 3. The van der Waals surface area contributed by atoms with Crippen molar-refractivity contribution in [2.75, 3.05) is 25.1 Å². The molecule has 0 aliphatic rings. The summed E-state index contributed by atoms with van der Waals surface area (Å²) in [4.78, 5) is 7.25. The molecule has 1 rings (SSSR count). The normalized spacial score (nSPS) is 10.9. The van der Waals surface area contributed by atoms with E-state index in [1.165, 1.54) is 0 Å². The summed E-state index contributed by atoms with van der Waals surface area (Å²) in [5, 5.41) is 3.16. The van der Waals surface area contributed by atoms with Crippen LogP contribution in [0.5, 0.6) is 0 Å². The number of aromatic amines is 1. The van der Waals surface area contributed by atoms with Gasteiger partial charge < -0.3 is 15.0 Å². The smallest absolute Gasteiger partial charge is 0.200 e. The maximum Gasteiger partial charge on any atom is 0.200 e. The number of rotatable bonds is 7. The molecule has 15 heavy (non-hydrogen) atoms. The molecule has 1 aromatic rings. The van der Waals surface area contributed by atoms with E-state index < -0.39 is 0 Å². The third-order valence-corrected chi connectivity index (χ3v) is 2.08. The molecule has 0 spiro atoms. The Hall–Kier alpha value is -1.03. The average molecular weight is 211 g/mol. The van der Waals surface area contributed by atoms with Crippen LogP contribution in [0.15, 0.2) is 6.20 Å². The van der Waals surface area contributed by atoms with Gasteiger partial charge in [-0.3, -0.25) is 0 Å². The van der Waals surface area contributed by atoms with Gasteiger partial charge in [-0.25, -0.2) is 4.98 Å². The van der Waals surface area contributed by atoms with E-state index in [1.807, 2.05) is 13.1 Å². The maximum atomic E-state index is 5.47. The number of nitrogens with one attached hydrogen (secondary N) is 2. The first-order chi connectivity index (χ1) is 7.18. The van der Waals surface area contributed by atoms with E-state index in [-0.39, 0.29) is 0 Å². The van der Waals surface area contributed by atoms with E-state index in [9.17, 15) is 0 Å². The van der Waals surface area contributed by atoms with Gasteiger partial charge in [-0.2, -0.15) is 0 Å². The van der Waals surface area contributed by atoms with Crippen molar-refractivity contribution in [2.45, 2.75) is 27.2 Å². The second kappa shape index (κ2) is 6.45. The molecule has 0 saturated heterocycles. The molecule has 0 bridgehead atoms. The van der Waals surface area contributed by atoms with Crippen molar-refractivity contribution in [1.29, 1.82) is 0 Å². The Labute approximate surface area is 91.4 Å². The van der Waals surface area contributed by atoms with Gasteiger partial charge in [0, 0.05) is 25.0 Å². The second-order valence-electron chi connectivity index (χ2n) is 4.14. The highest BCUT2D eigenvalue weighted by atomic mass is 16.5. The predicted molar refractivity (Wildman–Crippen MR) is 62.1 cm³/mol. The fourth-order valence-corrected chi connectivity index (χ4v) is 1.17. The Morgan fingerprint density at radius 3 is 2.87 bits per heavy atom. The number of nitrogens with zero attached hydrogens (tertiary/aromatic N) is 1. The van der Waals surface area contributed by atoms with Crippen LogP contribution < -0.4 is 5.32 Å². The fraction of sp³-hybridized carbons (Fsp3) is 0.727. The van der Waals surface area contributed by atoms with Crippen molar-refractivity contribution in [3.05, 3.63) is 11.9 Å². The fourth-order valence-electron chi connectivity index (χ4n) is 1.17. The van der Waals surface area contributed by atoms with Crippen LogP contribution in [-0.4, -0.2) is 29.7 Å². The number of ether oxygens (including phenoxy) is 1. The number of imidazole rings is 1. The largest absolute Gasteiger partial charge is 0.380 e. The Morgan fingerprint density at radius 2 is 2.27 bits per heavy atom. The first-order valence-corrected chi connectivity index (χ1v) is 5.51. The standard InChI is InChI=1S/C11H21N3O/c1-9(2)4-6-15-7-5-12-11-13-8-10(3)14-11/h8-9H,4-7H2,1-3H3,(H2,12,13,14). The molecule has 0 aliphatic heterocycles. The van der Waals surface area contributed by atoms with Gasteiger partial charge in [0.15, 0.2) is 5.95 Å². The van der Waals surface area contributed by atoms with Crippen LogP contribution in [0.25, 0.3) is 0 Å². The molecule has 0 aliphatic carbocycles. The Kier molecular flexibility index (Phi) is 5.18. The molecule has 1 aromatic heterocycles. The van der Waals surface area contributed by atoms with E-state index in [0.717, 1.165) is 37.8 Å². The van der Waals surface area contributed by atoms with Crippen LogP contribution in [-0.2, 0) is 4.74 Å². The van der Waals surface area contributed by atoms with E-state index >= 15 is 0 Å². The SMILES string of the molecule is Cc1cnc(NCCOCCC(C)C)[nH]1. The van der Waals surface area contributed by atoms with Crippen LogP contribution in [0.4, 0.5) is 5.95 Å². The summed E-state index contributed by atoms with van der Waals surface area (Å²) in [7, 11) is 0. The second-order valence-corrected chi connectivity index (χ2v) is 4.14. The lowest BCUT2D eigenvalue weighted by atomic mass is 10.1. The molecule has 0 fully saturated rings. The van der Waals surface area contributed by atoms with Gasteiger partial charge in [-0.1, -0.05) is 13.8 Å². The highest BCUT2D eigenvalue weighted by molar-refractivity contribution is 5.25. The summed E-state index contributed by atoms with van der Waals surface area (Å²) in [6, 6.07) is 0. The maximum absolute atomic E-state index is 5.47. The first-order valence-electron chi connectivity index (χ1n) is 5.51. The van der Waals surface area contributed by atoms with Gasteiger partial charge in [-0.05, 0) is 19.3 Å². The van der Waals surface area contributed by atoms with Gasteiger partial charge in [-0.15, -0.1) is 0 Å². The molecular weight excluding hydrogens is 190 g/mol. The van der Waals surface area contributed by atoms with Gasteiger partial charge >= 0.3 is 0 Å². The van der Waals surface area contributed by atoms with E-state index in [0.29, 0.717) is 5.92 Å². The lowest BCUT2D eigenvalue weighted by Gasteiger charge is -2.06. The number of hydrogen-bond donors (Lipinski definition) is 2. The quantitative estimate of drug-likeness (QED) is 0.680. The number of anilines is 1. The van der Waals surface area contributed by atoms with Crippen molar-refractivity contribution in [2.24, 2.45) is 5.92 Å². The third-order valence-electron chi connectivity index (χ3n) is 2.08. The van der Waals surface area contributed by atoms with Gasteiger partial charge in [0.2, 0.25) is 0 Å². The van der Waals surface area contributed by atoms with Gasteiger partial charge in [0.25, 0.3) is 0 Å². The van der Waals surface area contributed by atoms with E-state index in [4.69, 9.17) is 4.74 Å². The van der Waals surface area contributed by atoms with E-state index in [2.05, 4.69) is 29.1 Å². The van der Waals surface area contributed by atoms with Crippen molar-refractivity contribution in [1.82, 2.24) is 9.97 Å². The molecule has 86 valence electrons. The summed E-state index contributed by atoms with van der Waals surface area (Å²) in [5.74, 6) is 1.53. The summed E-state index contributed by atoms with van der Waals surface area (Å²) in [5.41, 5.74) is 1.07. The average Bonchev–Trinajstić information content (AvgIpc) is 2.57. The lowest BCUT2D eigenvalue weighted by Crippen LogP contribution is -2.11. The van der Waals surface area contributed by atoms with Gasteiger partial charge in [0.1, 0.15) is 0 Å². The molecular formula is C11H21N3O. The van der Waals surface area contributed by atoms with Crippen LogP contribution in [0.2, 0.25) is 0 Å². The van der Waals surface area contributed by atoms with Crippen LogP contribution in [0.1, 0.15) is 26.0 Å². The molecule has 4 nitrogen and oxygen atoms in total. The minimum absolute atomic E-state index is 0.714. The van der Waals surface area contributed by atoms with Crippen LogP contribution in [0, 0.1) is 12.8 Å². The lowest BCUT2D eigenvalue weighted by molar-refractivity contribution is 0.132. The highest BCUT2D eigenvalue weighted by Gasteiger charge is 1.96. The molecule has 0 unspecified atom stereocenters. The summed E-state index contributed by atoms with van der Waals surface area (Å²) in [6.07, 6.45) is 2.93. The van der Waals surface area contributed by atoms with Crippen LogP contribution in [0.3, 0.4) is 0 Å².